The van der Waals surface area contributed by atoms with Gasteiger partial charge in [0.25, 0.3) is 11.8 Å². The van der Waals surface area contributed by atoms with E-state index in [-0.39, 0.29) is 11.8 Å². The van der Waals surface area contributed by atoms with E-state index < -0.39 is 0 Å². The highest BCUT2D eigenvalue weighted by atomic mass is 16.5. The molecule has 29 heavy (non-hydrogen) atoms. The van der Waals surface area contributed by atoms with Crippen LogP contribution < -0.4 is 0 Å². The molecular weight excluding hydrogens is 364 g/mol. The summed E-state index contributed by atoms with van der Waals surface area (Å²) < 4.78 is 5.38. The van der Waals surface area contributed by atoms with Crippen molar-refractivity contribution in [2.75, 3.05) is 26.3 Å². The molecule has 0 aromatic heterocycles. The van der Waals surface area contributed by atoms with Gasteiger partial charge < -0.3 is 9.64 Å². The van der Waals surface area contributed by atoms with Crippen LogP contribution in [0.4, 0.5) is 0 Å². The minimum absolute atomic E-state index is 0.190. The fraction of sp³-hybridized carbons (Fsp3) is 0.333. The molecule has 0 N–H and O–H groups in total. The highest BCUT2D eigenvalue weighted by Crippen LogP contribution is 2.34. The zero-order valence-corrected chi connectivity index (χ0v) is 16.8. The molecule has 5 heteroatoms. The number of benzene rings is 2. The van der Waals surface area contributed by atoms with Crippen LogP contribution in [0.25, 0.3) is 5.57 Å². The topological polar surface area (TPSA) is 49.9 Å². The summed E-state index contributed by atoms with van der Waals surface area (Å²) in [6.45, 7) is 4.87. The Morgan fingerprint density at radius 1 is 0.931 bits per heavy atom. The Morgan fingerprint density at radius 3 is 2.41 bits per heavy atom. The summed E-state index contributed by atoms with van der Waals surface area (Å²) in [4.78, 5) is 30.1. The predicted molar refractivity (Wildman–Crippen MR) is 112 cm³/mol. The third-order valence-electron chi connectivity index (χ3n) is 5.53. The molecule has 2 heterocycles. The molecule has 0 bridgehead atoms. The molecule has 2 amide bonds. The maximum atomic E-state index is 13.3. The van der Waals surface area contributed by atoms with Crippen LogP contribution in [0.1, 0.15) is 30.0 Å². The minimum atomic E-state index is -0.202. The van der Waals surface area contributed by atoms with Gasteiger partial charge in [0.2, 0.25) is 0 Å². The van der Waals surface area contributed by atoms with Crippen LogP contribution >= 0.6 is 0 Å². The summed E-state index contributed by atoms with van der Waals surface area (Å²) in [7, 11) is 0. The largest absolute Gasteiger partial charge is 0.382 e. The lowest BCUT2D eigenvalue weighted by Crippen LogP contribution is -2.38. The lowest BCUT2D eigenvalue weighted by Gasteiger charge is -2.31. The van der Waals surface area contributed by atoms with Crippen molar-refractivity contribution in [1.29, 1.82) is 0 Å². The van der Waals surface area contributed by atoms with E-state index in [1.165, 1.54) is 16.0 Å². The van der Waals surface area contributed by atoms with Gasteiger partial charge in [-0.25, -0.2) is 0 Å². The number of ether oxygens (including phenoxy) is 1. The maximum absolute atomic E-state index is 13.3. The Balaban J connectivity index is 1.66. The average Bonchev–Trinajstić information content (AvgIpc) is 3.01. The third kappa shape index (κ3) is 3.83. The Morgan fingerprint density at radius 2 is 1.66 bits per heavy atom. The van der Waals surface area contributed by atoms with Gasteiger partial charge >= 0.3 is 0 Å². The molecule has 0 radical (unpaired) electrons. The van der Waals surface area contributed by atoms with E-state index in [0.29, 0.717) is 44.0 Å². The van der Waals surface area contributed by atoms with Crippen LogP contribution in [0.2, 0.25) is 0 Å². The average molecular weight is 390 g/mol. The monoisotopic (exact) mass is 390 g/mol. The first-order valence-corrected chi connectivity index (χ1v) is 10.3. The second kappa shape index (κ2) is 8.62. The minimum Gasteiger partial charge on any atom is -0.382 e. The quantitative estimate of drug-likeness (QED) is 0.538. The van der Waals surface area contributed by atoms with Gasteiger partial charge in [0, 0.05) is 32.8 Å². The van der Waals surface area contributed by atoms with Crippen molar-refractivity contribution in [2.45, 2.75) is 26.3 Å². The van der Waals surface area contributed by atoms with Crippen LogP contribution in [-0.2, 0) is 27.3 Å². The van der Waals surface area contributed by atoms with Crippen molar-refractivity contribution < 1.29 is 14.3 Å². The number of carbonyl (C=O) groups is 2. The van der Waals surface area contributed by atoms with Crippen molar-refractivity contribution in [3.8, 4) is 0 Å². The molecule has 0 unspecified atom stereocenters. The number of hydrogen-bond acceptors (Lipinski definition) is 4. The first kappa shape index (κ1) is 19.4. The highest BCUT2D eigenvalue weighted by Gasteiger charge is 2.41. The number of fused-ring (bicyclic) bond motifs is 1. The van der Waals surface area contributed by atoms with E-state index in [0.717, 1.165) is 18.5 Å². The standard InChI is InChI=1S/C24H26N2O3/c1-2-29-16-8-14-26-23(27)21(19-10-4-3-5-11-19)22(24(26)28)25-15-13-18-9-6-7-12-20(18)17-25/h3-7,9-12H,2,8,13-17H2,1H3. The highest BCUT2D eigenvalue weighted by molar-refractivity contribution is 6.35. The van der Waals surface area contributed by atoms with Crippen LogP contribution in [0.5, 0.6) is 0 Å². The van der Waals surface area contributed by atoms with Gasteiger partial charge in [-0.3, -0.25) is 14.5 Å². The fourth-order valence-electron chi connectivity index (χ4n) is 4.08. The molecule has 0 saturated heterocycles. The van der Waals surface area contributed by atoms with Crippen LogP contribution in [0.3, 0.4) is 0 Å². The van der Waals surface area contributed by atoms with Gasteiger partial charge in [0.15, 0.2) is 0 Å². The van der Waals surface area contributed by atoms with E-state index in [1.807, 2.05) is 49.4 Å². The molecule has 0 atom stereocenters. The Labute approximate surface area is 171 Å². The van der Waals surface area contributed by atoms with Crippen LogP contribution in [0.15, 0.2) is 60.3 Å². The molecule has 0 aliphatic carbocycles. The zero-order valence-electron chi connectivity index (χ0n) is 16.8. The van der Waals surface area contributed by atoms with Crippen LogP contribution in [-0.4, -0.2) is 47.9 Å². The van der Waals surface area contributed by atoms with Crippen molar-refractivity contribution in [1.82, 2.24) is 9.80 Å². The molecule has 4 rings (SSSR count). The number of amides is 2. The van der Waals surface area contributed by atoms with Crippen LogP contribution in [0, 0.1) is 0 Å². The summed E-state index contributed by atoms with van der Waals surface area (Å²) in [5.41, 5.74) is 4.38. The van der Waals surface area contributed by atoms with E-state index in [9.17, 15) is 9.59 Å². The van der Waals surface area contributed by atoms with E-state index in [2.05, 4.69) is 17.0 Å². The summed E-state index contributed by atoms with van der Waals surface area (Å²) in [6, 6.07) is 17.9. The second-order valence-corrected chi connectivity index (χ2v) is 7.34. The lowest BCUT2D eigenvalue weighted by molar-refractivity contribution is -0.137. The van der Waals surface area contributed by atoms with Gasteiger partial charge in [-0.05, 0) is 36.5 Å². The van der Waals surface area contributed by atoms with Gasteiger partial charge in [-0.2, -0.15) is 0 Å². The molecule has 150 valence electrons. The van der Waals surface area contributed by atoms with E-state index in [4.69, 9.17) is 4.74 Å². The smallest absolute Gasteiger partial charge is 0.277 e. The Kier molecular flexibility index (Phi) is 5.76. The lowest BCUT2D eigenvalue weighted by atomic mass is 9.98. The van der Waals surface area contributed by atoms with Crippen molar-refractivity contribution in [3.05, 3.63) is 77.0 Å². The van der Waals surface area contributed by atoms with Crippen molar-refractivity contribution >= 4 is 17.4 Å². The number of imide groups is 1. The van der Waals surface area contributed by atoms with E-state index in [1.54, 1.807) is 0 Å². The molecule has 2 aliphatic rings. The Hall–Kier alpha value is -2.92. The summed E-state index contributed by atoms with van der Waals surface area (Å²) in [6.07, 6.45) is 1.51. The van der Waals surface area contributed by atoms with Crippen molar-refractivity contribution in [2.24, 2.45) is 0 Å². The normalized spacial score (nSPS) is 16.6. The van der Waals surface area contributed by atoms with Gasteiger partial charge in [-0.15, -0.1) is 0 Å². The molecule has 0 spiro atoms. The molecule has 5 nitrogen and oxygen atoms in total. The van der Waals surface area contributed by atoms with E-state index >= 15 is 0 Å². The molecule has 0 saturated carbocycles. The molecule has 2 aromatic rings. The molecule has 2 aliphatic heterocycles. The third-order valence-corrected chi connectivity index (χ3v) is 5.53. The van der Waals surface area contributed by atoms with Gasteiger partial charge in [0.1, 0.15) is 5.70 Å². The number of carbonyl (C=O) groups excluding carboxylic acids is 2. The molecule has 0 fully saturated rings. The maximum Gasteiger partial charge on any atom is 0.277 e. The first-order chi connectivity index (χ1) is 14.2. The van der Waals surface area contributed by atoms with Gasteiger partial charge in [-0.1, -0.05) is 54.6 Å². The summed E-state index contributed by atoms with van der Waals surface area (Å²) in [5.74, 6) is -0.392. The zero-order chi connectivity index (χ0) is 20.2. The summed E-state index contributed by atoms with van der Waals surface area (Å²) >= 11 is 0. The van der Waals surface area contributed by atoms with Gasteiger partial charge in [0.05, 0.1) is 5.57 Å². The number of nitrogens with zero attached hydrogens (tertiary/aromatic N) is 2. The van der Waals surface area contributed by atoms with Crippen molar-refractivity contribution in [3.63, 3.8) is 0 Å². The SMILES string of the molecule is CCOCCCN1C(=O)C(c2ccccc2)=C(N2CCc3ccccc3C2)C1=O. The second-order valence-electron chi connectivity index (χ2n) is 7.34. The Bertz CT molecular complexity index is 936. The number of rotatable bonds is 7. The first-order valence-electron chi connectivity index (χ1n) is 10.3. The number of hydrogen-bond donors (Lipinski definition) is 0. The fourth-order valence-corrected chi connectivity index (χ4v) is 4.08. The predicted octanol–water partition coefficient (Wildman–Crippen LogP) is 3.25. The molecular formula is C24H26N2O3. The summed E-state index contributed by atoms with van der Waals surface area (Å²) in [5, 5.41) is 0. The molecule has 2 aromatic carbocycles.